The maximum absolute atomic E-state index is 4.02. The molecule has 0 unspecified atom stereocenters. The van der Waals surface area contributed by atoms with Crippen LogP contribution in [0, 0.1) is 0 Å². The second kappa shape index (κ2) is 4.15. The van der Waals surface area contributed by atoms with Crippen LogP contribution < -0.4 is 5.32 Å². The van der Waals surface area contributed by atoms with E-state index in [1.165, 1.54) is 4.88 Å². The number of aromatic nitrogens is 3. The molecule has 0 aliphatic carbocycles. The van der Waals surface area contributed by atoms with Crippen LogP contribution >= 0.6 is 22.7 Å². The first kappa shape index (κ1) is 9.68. The fraction of sp³-hybridized carbons (Fsp3) is 0.100. The third kappa shape index (κ3) is 1.77. The van der Waals surface area contributed by atoms with Crippen LogP contribution in [-0.2, 0) is 6.54 Å². The average Bonchev–Trinajstić information content (AvgIpc) is 2.97. The molecule has 0 fully saturated rings. The molecule has 0 atom stereocenters. The molecule has 0 aliphatic heterocycles. The van der Waals surface area contributed by atoms with Crippen molar-refractivity contribution in [3.05, 3.63) is 33.8 Å². The molecular formula is C10H8N4S2. The minimum absolute atomic E-state index is 0.781. The summed E-state index contributed by atoms with van der Waals surface area (Å²) in [7, 11) is 0. The molecule has 0 aromatic carbocycles. The van der Waals surface area contributed by atoms with E-state index in [-0.39, 0.29) is 0 Å². The Kier molecular flexibility index (Phi) is 2.51. The van der Waals surface area contributed by atoms with Crippen LogP contribution in [0.15, 0.2) is 29.0 Å². The normalized spacial score (nSPS) is 10.8. The van der Waals surface area contributed by atoms with E-state index >= 15 is 0 Å². The molecule has 1 N–H and O–H groups in total. The maximum Gasteiger partial charge on any atom is 0.170 e. The molecular weight excluding hydrogens is 240 g/mol. The number of thiophene rings is 2. The predicted molar refractivity (Wildman–Crippen MR) is 66.9 cm³/mol. The minimum atomic E-state index is 0.781. The second-order valence-corrected chi connectivity index (χ2v) is 5.15. The first-order chi connectivity index (χ1) is 7.93. The van der Waals surface area contributed by atoms with Crippen LogP contribution in [0.2, 0.25) is 0 Å². The number of rotatable bonds is 3. The molecule has 3 aromatic rings. The Hall–Kier alpha value is -1.53. The van der Waals surface area contributed by atoms with Gasteiger partial charge in [-0.25, -0.2) is 0 Å². The van der Waals surface area contributed by atoms with Gasteiger partial charge in [0, 0.05) is 4.88 Å². The van der Waals surface area contributed by atoms with E-state index in [2.05, 4.69) is 32.2 Å². The largest absolute Gasteiger partial charge is 0.362 e. The monoisotopic (exact) mass is 248 g/mol. The highest BCUT2D eigenvalue weighted by Gasteiger charge is 2.05. The average molecular weight is 248 g/mol. The van der Waals surface area contributed by atoms with E-state index in [9.17, 15) is 0 Å². The van der Waals surface area contributed by atoms with E-state index in [1.54, 1.807) is 22.7 Å². The van der Waals surface area contributed by atoms with Gasteiger partial charge in [0.15, 0.2) is 5.82 Å². The molecule has 0 amide bonds. The van der Waals surface area contributed by atoms with Gasteiger partial charge in [0.25, 0.3) is 0 Å². The summed E-state index contributed by atoms with van der Waals surface area (Å²) >= 11 is 3.35. The molecule has 0 saturated carbocycles. The zero-order valence-electron chi connectivity index (χ0n) is 8.25. The number of nitrogens with one attached hydrogen (secondary N) is 1. The van der Waals surface area contributed by atoms with Crippen LogP contribution in [0.5, 0.6) is 0 Å². The van der Waals surface area contributed by atoms with Crippen molar-refractivity contribution in [3.8, 4) is 0 Å². The van der Waals surface area contributed by atoms with E-state index in [1.807, 2.05) is 17.5 Å². The fourth-order valence-electron chi connectivity index (χ4n) is 1.42. The van der Waals surface area contributed by atoms with Crippen molar-refractivity contribution in [2.75, 3.05) is 5.32 Å². The van der Waals surface area contributed by atoms with Gasteiger partial charge in [-0.15, -0.1) is 32.9 Å². The van der Waals surface area contributed by atoms with Gasteiger partial charge >= 0.3 is 0 Å². The second-order valence-electron chi connectivity index (χ2n) is 3.21. The Labute approximate surface area is 100.0 Å². The van der Waals surface area contributed by atoms with Gasteiger partial charge in [-0.1, -0.05) is 6.07 Å². The van der Waals surface area contributed by atoms with Crippen LogP contribution in [0.1, 0.15) is 4.88 Å². The highest BCUT2D eigenvalue weighted by molar-refractivity contribution is 7.17. The summed E-state index contributed by atoms with van der Waals surface area (Å²) in [4.78, 5) is 1.28. The molecule has 0 radical (unpaired) electrons. The summed E-state index contributed by atoms with van der Waals surface area (Å²) in [6, 6.07) is 6.09. The number of nitrogens with zero attached hydrogens (tertiary/aromatic N) is 3. The molecule has 80 valence electrons. The number of fused-ring (bicyclic) bond motifs is 1. The van der Waals surface area contributed by atoms with Crippen molar-refractivity contribution in [2.45, 2.75) is 6.54 Å². The lowest BCUT2D eigenvalue weighted by Crippen LogP contribution is -2.01. The van der Waals surface area contributed by atoms with Gasteiger partial charge in [0.05, 0.1) is 11.2 Å². The quantitative estimate of drug-likeness (QED) is 0.774. The van der Waals surface area contributed by atoms with Crippen molar-refractivity contribution in [3.63, 3.8) is 0 Å². The van der Waals surface area contributed by atoms with Gasteiger partial charge in [0.1, 0.15) is 5.52 Å². The van der Waals surface area contributed by atoms with Crippen molar-refractivity contribution >= 4 is 38.7 Å². The number of hydrogen-bond donors (Lipinski definition) is 1. The minimum Gasteiger partial charge on any atom is -0.362 e. The molecule has 3 heterocycles. The van der Waals surface area contributed by atoms with Crippen molar-refractivity contribution in [1.29, 1.82) is 0 Å². The molecule has 0 saturated heterocycles. The summed E-state index contributed by atoms with van der Waals surface area (Å²) in [6.45, 7) is 0.781. The van der Waals surface area contributed by atoms with E-state index in [0.29, 0.717) is 0 Å². The zero-order valence-corrected chi connectivity index (χ0v) is 9.88. The van der Waals surface area contributed by atoms with Crippen molar-refractivity contribution in [2.24, 2.45) is 0 Å². The zero-order chi connectivity index (χ0) is 10.8. The van der Waals surface area contributed by atoms with Crippen molar-refractivity contribution < 1.29 is 0 Å². The molecule has 0 spiro atoms. The summed E-state index contributed by atoms with van der Waals surface area (Å²) in [6.07, 6.45) is 0. The lowest BCUT2D eigenvalue weighted by atomic mass is 10.4. The smallest absolute Gasteiger partial charge is 0.170 e. The fourth-order valence-corrected chi connectivity index (χ4v) is 2.85. The van der Waals surface area contributed by atoms with Gasteiger partial charge in [-0.3, -0.25) is 0 Å². The third-order valence-corrected chi connectivity index (χ3v) is 3.95. The Balaban J connectivity index is 1.86. The Bertz CT molecular complexity index is 588. The van der Waals surface area contributed by atoms with Gasteiger partial charge in [-0.2, -0.15) is 0 Å². The van der Waals surface area contributed by atoms with Crippen LogP contribution in [0.25, 0.3) is 10.2 Å². The lowest BCUT2D eigenvalue weighted by Gasteiger charge is -2.02. The molecule has 16 heavy (non-hydrogen) atoms. The first-order valence-electron chi connectivity index (χ1n) is 4.76. The topological polar surface area (TPSA) is 50.7 Å². The first-order valence-corrected chi connectivity index (χ1v) is 6.52. The van der Waals surface area contributed by atoms with Crippen LogP contribution in [-0.4, -0.2) is 15.4 Å². The molecule has 3 rings (SSSR count). The predicted octanol–water partition coefficient (Wildman–Crippen LogP) is 2.76. The molecule has 3 aromatic heterocycles. The number of anilines is 1. The molecule has 4 nitrogen and oxygen atoms in total. The van der Waals surface area contributed by atoms with Crippen LogP contribution in [0.3, 0.4) is 0 Å². The summed E-state index contributed by atoms with van der Waals surface area (Å²) in [5.41, 5.74) is 0.897. The standard InChI is InChI=1S/C10H8N4S2/c1-2-7(15-4-1)6-11-10-9-8(3-5-16-9)12-14-13-10/h1-5H,6H2,(H,11,12,13). The summed E-state index contributed by atoms with van der Waals surface area (Å²) < 4.78 is 1.06. The lowest BCUT2D eigenvalue weighted by molar-refractivity contribution is 0.894. The Morgan fingerprint density at radius 3 is 3.00 bits per heavy atom. The SMILES string of the molecule is c1csc(CNc2nnnc3ccsc23)c1. The van der Waals surface area contributed by atoms with E-state index in [0.717, 1.165) is 22.6 Å². The van der Waals surface area contributed by atoms with Gasteiger partial charge < -0.3 is 5.32 Å². The van der Waals surface area contributed by atoms with E-state index in [4.69, 9.17) is 0 Å². The molecule has 0 bridgehead atoms. The highest BCUT2D eigenvalue weighted by Crippen LogP contribution is 2.24. The third-order valence-electron chi connectivity index (χ3n) is 2.17. The van der Waals surface area contributed by atoms with E-state index < -0.39 is 0 Å². The van der Waals surface area contributed by atoms with Crippen molar-refractivity contribution in [1.82, 2.24) is 15.4 Å². The van der Waals surface area contributed by atoms with Crippen LogP contribution in [0.4, 0.5) is 5.82 Å². The summed E-state index contributed by atoms with van der Waals surface area (Å²) in [5.74, 6) is 0.813. The van der Waals surface area contributed by atoms with Gasteiger partial charge in [-0.05, 0) is 28.1 Å². The molecule has 0 aliphatic rings. The Morgan fingerprint density at radius 1 is 1.12 bits per heavy atom. The van der Waals surface area contributed by atoms with Gasteiger partial charge in [0.2, 0.25) is 0 Å². The maximum atomic E-state index is 4.02. The Morgan fingerprint density at radius 2 is 2.12 bits per heavy atom. The highest BCUT2D eigenvalue weighted by atomic mass is 32.1. The number of hydrogen-bond acceptors (Lipinski definition) is 6. The summed E-state index contributed by atoms with van der Waals surface area (Å²) in [5, 5.41) is 19.1. The molecule has 6 heteroatoms.